The van der Waals surface area contributed by atoms with Crippen LogP contribution < -0.4 is 16.6 Å². The van der Waals surface area contributed by atoms with E-state index < -0.39 is 12.1 Å². The third kappa shape index (κ3) is 3.58. The van der Waals surface area contributed by atoms with Gasteiger partial charge in [0.05, 0.1) is 22.9 Å². The van der Waals surface area contributed by atoms with Crippen LogP contribution in [0.15, 0.2) is 53.7 Å². The summed E-state index contributed by atoms with van der Waals surface area (Å²) >= 11 is 0. The van der Waals surface area contributed by atoms with Crippen LogP contribution in [0.4, 0.5) is 16.0 Å². The maximum Gasteiger partial charge on any atom is 0.257 e. The lowest BCUT2D eigenvalue weighted by Gasteiger charge is -2.11. The molecular formula is C23H19FN6O2. The fourth-order valence-corrected chi connectivity index (χ4v) is 3.63. The molecule has 5 rings (SSSR count). The van der Waals surface area contributed by atoms with E-state index >= 15 is 0 Å². The average molecular weight is 430 g/mol. The number of hydrogen-bond donors (Lipinski definition) is 3. The second-order valence-electron chi connectivity index (χ2n) is 7.83. The van der Waals surface area contributed by atoms with E-state index in [1.807, 2.05) is 19.1 Å². The summed E-state index contributed by atoms with van der Waals surface area (Å²) in [6.07, 6.45) is 3.93. The molecule has 32 heavy (non-hydrogen) atoms. The number of nitrogens with zero attached hydrogens (tertiary/aromatic N) is 3. The summed E-state index contributed by atoms with van der Waals surface area (Å²) in [5.41, 5.74) is 9.21. The Hall–Kier alpha value is -4.14. The van der Waals surface area contributed by atoms with E-state index in [9.17, 15) is 14.0 Å². The van der Waals surface area contributed by atoms with E-state index in [0.717, 1.165) is 16.5 Å². The molecule has 4 heterocycles. The highest BCUT2D eigenvalue weighted by molar-refractivity contribution is 5.98. The monoisotopic (exact) mass is 430 g/mol. The standard InChI is InChI=1S/C23H19FN6O2/c1-11-5-18(13-3-2-4-26-22(13)31)27-9-15(11)19-6-12-7-20(28-10-16(12)21(25)29-19)30-23(32)14-8-17(14)24/h2-7,9-10,14,17H,8H2,1H3,(H2,25,29)(H,26,31)(H,28,30,32)/t14-,17+/m0/s1. The Balaban J connectivity index is 1.51. The Kier molecular flexibility index (Phi) is 4.66. The normalized spacial score (nSPS) is 17.3. The number of amides is 1. The Labute approximate surface area is 181 Å². The van der Waals surface area contributed by atoms with Crippen LogP contribution in [0.1, 0.15) is 12.0 Å². The van der Waals surface area contributed by atoms with Gasteiger partial charge in [0.1, 0.15) is 17.8 Å². The van der Waals surface area contributed by atoms with E-state index in [4.69, 9.17) is 5.73 Å². The lowest BCUT2D eigenvalue weighted by atomic mass is 10.0. The molecule has 4 aromatic rings. The maximum absolute atomic E-state index is 13.1. The first kappa shape index (κ1) is 19.8. The Bertz CT molecular complexity index is 1430. The Morgan fingerprint density at radius 3 is 2.72 bits per heavy atom. The maximum atomic E-state index is 13.1. The second-order valence-corrected chi connectivity index (χ2v) is 7.83. The van der Waals surface area contributed by atoms with Crippen LogP contribution in [0.5, 0.6) is 0 Å². The number of pyridine rings is 4. The molecular weight excluding hydrogens is 411 g/mol. The SMILES string of the molecule is Cc1cc(-c2ccc[nH]c2=O)ncc1-c1cc2cc(NC(=O)[C@H]3C[C@H]3F)ncc2c(N)n1. The van der Waals surface area contributed by atoms with Crippen LogP contribution in [0.3, 0.4) is 0 Å². The number of nitrogens with two attached hydrogens (primary N) is 1. The minimum Gasteiger partial charge on any atom is -0.383 e. The van der Waals surface area contributed by atoms with Crippen LogP contribution in [0.2, 0.25) is 0 Å². The van der Waals surface area contributed by atoms with Crippen molar-refractivity contribution in [1.29, 1.82) is 0 Å². The lowest BCUT2D eigenvalue weighted by molar-refractivity contribution is -0.117. The number of nitrogens with one attached hydrogen (secondary N) is 2. The van der Waals surface area contributed by atoms with Gasteiger partial charge in [-0.2, -0.15) is 0 Å². The predicted octanol–water partition coefficient (Wildman–Crippen LogP) is 3.23. The quantitative estimate of drug-likeness (QED) is 0.456. The van der Waals surface area contributed by atoms with Crippen LogP contribution in [-0.2, 0) is 4.79 Å². The van der Waals surface area contributed by atoms with Gasteiger partial charge >= 0.3 is 0 Å². The summed E-state index contributed by atoms with van der Waals surface area (Å²) in [7, 11) is 0. The zero-order valence-electron chi connectivity index (χ0n) is 17.1. The second kappa shape index (κ2) is 7.52. The molecule has 0 saturated heterocycles. The van der Waals surface area contributed by atoms with Crippen molar-refractivity contribution < 1.29 is 9.18 Å². The first-order valence-electron chi connectivity index (χ1n) is 10.1. The Morgan fingerprint density at radius 2 is 2.00 bits per heavy atom. The fraction of sp³-hybridized carbons (Fsp3) is 0.174. The molecule has 9 heteroatoms. The molecule has 160 valence electrons. The third-order valence-electron chi connectivity index (χ3n) is 5.53. The molecule has 1 amide bonds. The van der Waals surface area contributed by atoms with Gasteiger partial charge in [0.25, 0.3) is 5.56 Å². The number of rotatable bonds is 4. The van der Waals surface area contributed by atoms with Crippen LogP contribution in [-0.4, -0.2) is 32.0 Å². The van der Waals surface area contributed by atoms with Gasteiger partial charge in [-0.1, -0.05) is 0 Å². The summed E-state index contributed by atoms with van der Waals surface area (Å²) in [4.78, 5) is 39.9. The predicted molar refractivity (Wildman–Crippen MR) is 120 cm³/mol. The number of alkyl halides is 1. The zero-order valence-corrected chi connectivity index (χ0v) is 17.1. The highest BCUT2D eigenvalue weighted by atomic mass is 19.1. The molecule has 1 saturated carbocycles. The van der Waals surface area contributed by atoms with Gasteiger partial charge in [0.2, 0.25) is 5.91 Å². The Morgan fingerprint density at radius 1 is 1.19 bits per heavy atom. The summed E-state index contributed by atoms with van der Waals surface area (Å²) in [6, 6.07) is 8.79. The van der Waals surface area contributed by atoms with Gasteiger partial charge in [-0.3, -0.25) is 14.6 Å². The van der Waals surface area contributed by atoms with Crippen molar-refractivity contribution in [3.63, 3.8) is 0 Å². The molecule has 1 fully saturated rings. The van der Waals surface area contributed by atoms with E-state index in [-0.39, 0.29) is 23.7 Å². The zero-order chi connectivity index (χ0) is 22.4. The number of fused-ring (bicyclic) bond motifs is 1. The third-order valence-corrected chi connectivity index (χ3v) is 5.53. The summed E-state index contributed by atoms with van der Waals surface area (Å²) < 4.78 is 13.1. The van der Waals surface area contributed by atoms with Gasteiger partial charge in [0.15, 0.2) is 0 Å². The smallest absolute Gasteiger partial charge is 0.257 e. The number of nitrogen functional groups attached to an aromatic ring is 1. The van der Waals surface area contributed by atoms with Gasteiger partial charge in [-0.15, -0.1) is 0 Å². The van der Waals surface area contributed by atoms with Crippen LogP contribution >= 0.6 is 0 Å². The van der Waals surface area contributed by atoms with Crippen molar-refractivity contribution in [3.05, 3.63) is 64.8 Å². The van der Waals surface area contributed by atoms with E-state index in [2.05, 4.69) is 25.3 Å². The average Bonchev–Trinajstić information content (AvgIpc) is 3.50. The molecule has 8 nitrogen and oxygen atoms in total. The van der Waals surface area contributed by atoms with Crippen molar-refractivity contribution in [2.24, 2.45) is 5.92 Å². The van der Waals surface area contributed by atoms with Crippen molar-refractivity contribution >= 4 is 28.3 Å². The number of carbonyl (C=O) groups is 1. The fourth-order valence-electron chi connectivity index (χ4n) is 3.63. The number of aromatic nitrogens is 4. The largest absolute Gasteiger partial charge is 0.383 e. The topological polar surface area (TPSA) is 127 Å². The number of halogens is 1. The lowest BCUT2D eigenvalue weighted by Crippen LogP contribution is -2.15. The molecule has 2 atom stereocenters. The molecule has 0 aromatic carbocycles. The van der Waals surface area contributed by atoms with Gasteiger partial charge in [0, 0.05) is 29.5 Å². The van der Waals surface area contributed by atoms with Crippen molar-refractivity contribution in [2.45, 2.75) is 19.5 Å². The summed E-state index contributed by atoms with van der Waals surface area (Å²) in [6.45, 7) is 1.90. The number of hydrogen-bond acceptors (Lipinski definition) is 6. The van der Waals surface area contributed by atoms with Gasteiger partial charge in [-0.25, -0.2) is 14.4 Å². The molecule has 0 radical (unpaired) electrons. The number of aromatic amines is 1. The van der Waals surface area contributed by atoms with Gasteiger partial charge < -0.3 is 16.0 Å². The first-order valence-corrected chi connectivity index (χ1v) is 10.1. The molecule has 0 unspecified atom stereocenters. The highest BCUT2D eigenvalue weighted by Gasteiger charge is 2.43. The summed E-state index contributed by atoms with van der Waals surface area (Å²) in [5, 5.41) is 4.02. The summed E-state index contributed by atoms with van der Waals surface area (Å²) in [5.74, 6) is -0.365. The first-order chi connectivity index (χ1) is 15.4. The number of anilines is 2. The van der Waals surface area contributed by atoms with E-state index in [0.29, 0.717) is 28.2 Å². The number of H-pyrrole nitrogens is 1. The van der Waals surface area contributed by atoms with Crippen molar-refractivity contribution in [1.82, 2.24) is 19.9 Å². The molecule has 0 aliphatic heterocycles. The van der Waals surface area contributed by atoms with E-state index in [1.54, 1.807) is 30.6 Å². The molecule has 0 spiro atoms. The molecule has 1 aliphatic carbocycles. The van der Waals surface area contributed by atoms with Crippen molar-refractivity contribution in [2.75, 3.05) is 11.1 Å². The molecule has 4 aromatic heterocycles. The minimum atomic E-state index is -1.08. The number of carbonyl (C=O) groups excluding carboxylic acids is 1. The van der Waals surface area contributed by atoms with Crippen LogP contribution in [0, 0.1) is 12.8 Å². The highest BCUT2D eigenvalue weighted by Crippen LogP contribution is 2.35. The van der Waals surface area contributed by atoms with Gasteiger partial charge in [-0.05, 0) is 54.6 Å². The van der Waals surface area contributed by atoms with Crippen molar-refractivity contribution in [3.8, 4) is 22.5 Å². The minimum absolute atomic E-state index is 0.215. The molecule has 4 N–H and O–H groups in total. The molecule has 1 aliphatic rings. The van der Waals surface area contributed by atoms with Crippen LogP contribution in [0.25, 0.3) is 33.3 Å². The molecule has 0 bridgehead atoms. The number of aryl methyl sites for hydroxylation is 1. The van der Waals surface area contributed by atoms with E-state index in [1.165, 1.54) is 6.20 Å².